The molecule has 0 radical (unpaired) electrons. The van der Waals surface area contributed by atoms with Gasteiger partial charge in [-0.15, -0.1) is 6.42 Å². The molecule has 0 aromatic carbocycles. The lowest BCUT2D eigenvalue weighted by molar-refractivity contribution is -0.128. The fourth-order valence-electron chi connectivity index (χ4n) is 4.40. The minimum absolute atomic E-state index is 0.0611. The van der Waals surface area contributed by atoms with Gasteiger partial charge in [-0.1, -0.05) is 32.8 Å². The highest BCUT2D eigenvalue weighted by molar-refractivity contribution is 6.04. The first-order valence-corrected chi connectivity index (χ1v) is 7.48. The van der Waals surface area contributed by atoms with Crippen LogP contribution >= 0.6 is 0 Å². The van der Waals surface area contributed by atoms with Crippen LogP contribution in [0.3, 0.4) is 0 Å². The van der Waals surface area contributed by atoms with Crippen LogP contribution in [0.4, 0.5) is 0 Å². The lowest BCUT2D eigenvalue weighted by Gasteiger charge is -2.49. The van der Waals surface area contributed by atoms with Gasteiger partial charge in [-0.25, -0.2) is 0 Å². The van der Waals surface area contributed by atoms with Crippen LogP contribution in [0.2, 0.25) is 0 Å². The molecule has 0 saturated carbocycles. The van der Waals surface area contributed by atoms with Crippen LogP contribution in [-0.2, 0) is 23.7 Å². The maximum atomic E-state index is 12.6. The molecule has 0 amide bonds. The van der Waals surface area contributed by atoms with E-state index >= 15 is 0 Å². The van der Waals surface area contributed by atoms with Crippen LogP contribution in [0.5, 0.6) is 0 Å². The fraction of sp³-hybridized carbons (Fsp3) is 0.500. The summed E-state index contributed by atoms with van der Waals surface area (Å²) in [5.74, 6) is 2.78. The number of nitrogens with zero attached hydrogens (tertiary/aromatic N) is 3. The number of aryl methyl sites for hydroxylation is 1. The Morgan fingerprint density at radius 1 is 1.45 bits per heavy atom. The van der Waals surface area contributed by atoms with E-state index in [2.05, 4.69) is 24.0 Å². The highest BCUT2D eigenvalue weighted by atomic mass is 16.1. The molecule has 0 aliphatic heterocycles. The molecule has 1 unspecified atom stereocenters. The molecule has 22 heavy (non-hydrogen) atoms. The molecule has 0 saturated heterocycles. The van der Waals surface area contributed by atoms with Crippen molar-refractivity contribution in [1.29, 1.82) is 5.26 Å². The van der Waals surface area contributed by atoms with Gasteiger partial charge in [0.05, 0.1) is 11.3 Å². The van der Waals surface area contributed by atoms with Gasteiger partial charge in [-0.2, -0.15) is 10.4 Å². The molecule has 0 N–H and O–H groups in total. The second-order valence-corrected chi connectivity index (χ2v) is 7.04. The van der Waals surface area contributed by atoms with Crippen LogP contribution in [-0.4, -0.2) is 15.6 Å². The number of Topliss-reactive ketones (excluding diaryl/α,β-unsaturated/α-hetero) is 1. The van der Waals surface area contributed by atoms with Crippen LogP contribution < -0.4 is 0 Å². The summed E-state index contributed by atoms with van der Waals surface area (Å²) in [7, 11) is 1.85. The van der Waals surface area contributed by atoms with Crippen LogP contribution in [0, 0.1) is 35.0 Å². The monoisotopic (exact) mass is 293 g/mol. The summed E-state index contributed by atoms with van der Waals surface area (Å²) in [5.41, 5.74) is 2.05. The van der Waals surface area contributed by atoms with E-state index in [0.29, 0.717) is 0 Å². The number of hydrogen-bond acceptors (Lipinski definition) is 3. The number of fused-ring (bicyclic) bond motifs is 3. The fourth-order valence-corrected chi connectivity index (χ4v) is 4.40. The quantitative estimate of drug-likeness (QED) is 0.690. The SMILES string of the molecule is C#Cc1c2c(nn1C)[C@@]1(C)C=C(C#N)C(=O)C(C)(C)C1CC2. The molecule has 2 aliphatic rings. The summed E-state index contributed by atoms with van der Waals surface area (Å²) in [4.78, 5) is 12.6. The van der Waals surface area contributed by atoms with Crippen molar-refractivity contribution in [1.82, 2.24) is 9.78 Å². The zero-order valence-corrected chi connectivity index (χ0v) is 13.4. The van der Waals surface area contributed by atoms with E-state index in [4.69, 9.17) is 6.42 Å². The molecule has 3 rings (SSSR count). The molecule has 1 heterocycles. The first-order valence-electron chi connectivity index (χ1n) is 7.48. The maximum Gasteiger partial charge on any atom is 0.178 e. The average molecular weight is 293 g/mol. The van der Waals surface area contributed by atoms with Gasteiger partial charge in [0, 0.05) is 23.4 Å². The summed E-state index contributed by atoms with van der Waals surface area (Å²) < 4.78 is 1.74. The predicted octanol–water partition coefficient (Wildman–Crippen LogP) is 2.28. The third kappa shape index (κ3) is 1.58. The van der Waals surface area contributed by atoms with Gasteiger partial charge in [0.2, 0.25) is 0 Å². The molecule has 0 spiro atoms. The van der Waals surface area contributed by atoms with Crippen molar-refractivity contribution in [3.05, 3.63) is 28.6 Å². The van der Waals surface area contributed by atoms with E-state index in [1.54, 1.807) is 4.68 Å². The summed E-state index contributed by atoms with van der Waals surface area (Å²) in [6.07, 6.45) is 9.14. The van der Waals surface area contributed by atoms with E-state index in [9.17, 15) is 10.1 Å². The number of allylic oxidation sites excluding steroid dienone is 2. The number of carbonyl (C=O) groups excluding carboxylic acids is 1. The van der Waals surface area contributed by atoms with Crippen molar-refractivity contribution < 1.29 is 4.79 Å². The molecular formula is C18H19N3O. The van der Waals surface area contributed by atoms with Crippen molar-refractivity contribution >= 4 is 5.78 Å². The second-order valence-electron chi connectivity index (χ2n) is 7.04. The summed E-state index contributed by atoms with van der Waals surface area (Å²) >= 11 is 0. The van der Waals surface area contributed by atoms with Crippen molar-refractivity contribution in [3.63, 3.8) is 0 Å². The highest BCUT2D eigenvalue weighted by Gasteiger charge is 2.55. The standard InChI is InChI=1S/C18H19N3O/c1-6-13-12-7-8-14-17(2,3)16(22)11(10-19)9-18(14,4)15(12)20-21(13)5/h1,9,14H,7-8H2,2-5H3/t14?,18-/m0/s1. The molecule has 4 nitrogen and oxygen atoms in total. The smallest absolute Gasteiger partial charge is 0.178 e. The minimum atomic E-state index is -0.569. The van der Waals surface area contributed by atoms with Crippen molar-refractivity contribution in [2.75, 3.05) is 0 Å². The number of hydrogen-bond donors (Lipinski definition) is 0. The zero-order valence-electron chi connectivity index (χ0n) is 13.4. The van der Waals surface area contributed by atoms with Gasteiger partial charge >= 0.3 is 0 Å². The van der Waals surface area contributed by atoms with Gasteiger partial charge < -0.3 is 0 Å². The molecule has 1 aromatic rings. The summed E-state index contributed by atoms with van der Waals surface area (Å²) in [5, 5.41) is 14.0. The van der Waals surface area contributed by atoms with Gasteiger partial charge in [-0.3, -0.25) is 9.48 Å². The van der Waals surface area contributed by atoms with Crippen LogP contribution in [0.25, 0.3) is 0 Å². The minimum Gasteiger partial charge on any atom is -0.293 e. The largest absolute Gasteiger partial charge is 0.293 e. The van der Waals surface area contributed by atoms with Crippen molar-refractivity contribution in [3.8, 4) is 18.4 Å². The van der Waals surface area contributed by atoms with E-state index in [-0.39, 0.29) is 17.3 Å². The molecular weight excluding hydrogens is 274 g/mol. The summed E-state index contributed by atoms with van der Waals surface area (Å²) in [6, 6.07) is 2.07. The third-order valence-electron chi connectivity index (χ3n) is 5.46. The lowest BCUT2D eigenvalue weighted by Crippen LogP contribution is -2.51. The normalized spacial score (nSPS) is 28.9. The number of nitriles is 1. The lowest BCUT2D eigenvalue weighted by atomic mass is 9.52. The van der Waals surface area contributed by atoms with Crippen molar-refractivity contribution in [2.24, 2.45) is 18.4 Å². The topological polar surface area (TPSA) is 58.7 Å². The molecule has 2 atom stereocenters. The van der Waals surface area contributed by atoms with Gasteiger partial charge in [0.15, 0.2) is 5.78 Å². The predicted molar refractivity (Wildman–Crippen MR) is 82.8 cm³/mol. The van der Waals surface area contributed by atoms with Crippen molar-refractivity contribution in [2.45, 2.75) is 39.0 Å². The van der Waals surface area contributed by atoms with Gasteiger partial charge in [-0.05, 0) is 18.8 Å². The first-order chi connectivity index (χ1) is 10.3. The number of aromatic nitrogens is 2. The Balaban J connectivity index is 2.32. The second kappa shape index (κ2) is 4.34. The zero-order chi connectivity index (χ0) is 16.3. The number of ketones is 1. The van der Waals surface area contributed by atoms with Gasteiger partial charge in [0.1, 0.15) is 11.8 Å². The molecule has 112 valence electrons. The van der Waals surface area contributed by atoms with Crippen LogP contribution in [0.1, 0.15) is 44.1 Å². The molecule has 0 bridgehead atoms. The Hall–Kier alpha value is -2.33. The van der Waals surface area contributed by atoms with E-state index in [1.165, 1.54) is 0 Å². The highest BCUT2D eigenvalue weighted by Crippen LogP contribution is 2.54. The average Bonchev–Trinajstić information content (AvgIpc) is 2.80. The Kier molecular flexibility index (Phi) is 2.88. The summed E-state index contributed by atoms with van der Waals surface area (Å²) in [6.45, 7) is 5.96. The molecule has 0 fully saturated rings. The molecule has 1 aromatic heterocycles. The Bertz CT molecular complexity index is 798. The Labute approximate surface area is 130 Å². The van der Waals surface area contributed by atoms with E-state index in [0.717, 1.165) is 29.8 Å². The number of terminal acetylenes is 1. The first kappa shape index (κ1) is 14.6. The van der Waals surface area contributed by atoms with Gasteiger partial charge in [0.25, 0.3) is 0 Å². The Morgan fingerprint density at radius 2 is 2.14 bits per heavy atom. The number of rotatable bonds is 0. The Morgan fingerprint density at radius 3 is 2.73 bits per heavy atom. The number of carbonyl (C=O) groups is 1. The molecule has 4 heteroatoms. The van der Waals surface area contributed by atoms with E-state index in [1.807, 2.05) is 27.0 Å². The van der Waals surface area contributed by atoms with Crippen LogP contribution in [0.15, 0.2) is 11.6 Å². The third-order valence-corrected chi connectivity index (χ3v) is 5.46. The maximum absolute atomic E-state index is 12.6. The van der Waals surface area contributed by atoms with E-state index < -0.39 is 10.8 Å². The molecule has 2 aliphatic carbocycles.